The van der Waals surface area contributed by atoms with Gasteiger partial charge in [-0.05, 0) is 25.0 Å². The van der Waals surface area contributed by atoms with Gasteiger partial charge in [-0.25, -0.2) is 17.6 Å². The van der Waals surface area contributed by atoms with Crippen LogP contribution in [0.25, 0.3) is 0 Å². The number of hydrogen-bond donors (Lipinski definition) is 1. The van der Waals surface area contributed by atoms with Gasteiger partial charge < -0.3 is 9.84 Å². The second-order valence-corrected chi connectivity index (χ2v) is 6.58. The van der Waals surface area contributed by atoms with Crippen molar-refractivity contribution in [2.24, 2.45) is 0 Å². The minimum Gasteiger partial charge on any atom is -0.480 e. The first-order chi connectivity index (χ1) is 10.3. The molecule has 0 bridgehead atoms. The van der Waals surface area contributed by atoms with E-state index in [1.54, 1.807) is 0 Å². The third kappa shape index (κ3) is 2.69. The molecule has 1 aliphatic heterocycles. The molecule has 0 spiro atoms. The number of hydrogen-bond acceptors (Lipinski definition) is 5. The van der Waals surface area contributed by atoms with Gasteiger partial charge in [-0.15, -0.1) is 0 Å². The number of rotatable bonds is 4. The summed E-state index contributed by atoms with van der Waals surface area (Å²) in [5.41, 5.74) is -0.721. The zero-order chi connectivity index (χ0) is 16.5. The maximum Gasteiger partial charge on any atom is 0.342 e. The SMILES string of the molecule is COC(=O)c1c(F)cccc1S(=O)(=O)N1CCC[C@@H]1C(=O)O. The summed E-state index contributed by atoms with van der Waals surface area (Å²) in [5.74, 6) is -3.46. The molecule has 120 valence electrons. The molecule has 1 aromatic rings. The molecule has 22 heavy (non-hydrogen) atoms. The number of aliphatic carboxylic acids is 1. The lowest BCUT2D eigenvalue weighted by molar-refractivity contribution is -0.140. The van der Waals surface area contributed by atoms with Crippen LogP contribution in [-0.4, -0.2) is 49.5 Å². The van der Waals surface area contributed by atoms with Gasteiger partial charge in [0.15, 0.2) is 0 Å². The zero-order valence-corrected chi connectivity index (χ0v) is 12.5. The molecule has 1 aliphatic rings. The summed E-state index contributed by atoms with van der Waals surface area (Å²) in [6, 6.07) is 1.91. The van der Waals surface area contributed by atoms with E-state index in [2.05, 4.69) is 4.74 Å². The Labute approximate surface area is 126 Å². The predicted octanol–water partition coefficient (Wildman–Crippen LogP) is 0.850. The van der Waals surface area contributed by atoms with Gasteiger partial charge in [0.2, 0.25) is 10.0 Å². The third-order valence-corrected chi connectivity index (χ3v) is 5.39. The van der Waals surface area contributed by atoms with Gasteiger partial charge in [0, 0.05) is 6.54 Å². The molecular formula is C13H14FNO6S. The van der Waals surface area contributed by atoms with Crippen molar-refractivity contribution in [1.29, 1.82) is 0 Å². The zero-order valence-electron chi connectivity index (χ0n) is 11.7. The molecule has 0 unspecified atom stereocenters. The number of carboxylic acid groups (broad SMARTS) is 1. The van der Waals surface area contributed by atoms with E-state index in [-0.39, 0.29) is 13.0 Å². The molecule has 0 amide bonds. The number of halogens is 1. The van der Waals surface area contributed by atoms with Crippen molar-refractivity contribution in [2.45, 2.75) is 23.8 Å². The Hall–Kier alpha value is -2.00. The fourth-order valence-electron chi connectivity index (χ4n) is 2.42. The van der Waals surface area contributed by atoms with Gasteiger partial charge in [-0.2, -0.15) is 4.31 Å². The van der Waals surface area contributed by atoms with E-state index in [1.165, 1.54) is 0 Å². The third-order valence-electron chi connectivity index (χ3n) is 3.44. The quantitative estimate of drug-likeness (QED) is 0.821. The maximum atomic E-state index is 13.9. The fraction of sp³-hybridized carbons (Fsp3) is 0.385. The van der Waals surface area contributed by atoms with Crippen LogP contribution < -0.4 is 0 Å². The highest BCUT2D eigenvalue weighted by atomic mass is 32.2. The first-order valence-corrected chi connectivity index (χ1v) is 7.86. The van der Waals surface area contributed by atoms with Crippen LogP contribution in [0.2, 0.25) is 0 Å². The Morgan fingerprint density at radius 3 is 2.68 bits per heavy atom. The van der Waals surface area contributed by atoms with Crippen molar-refractivity contribution in [2.75, 3.05) is 13.7 Å². The molecule has 0 saturated carbocycles. The Bertz CT molecular complexity index is 717. The number of carbonyl (C=O) groups is 2. The number of benzene rings is 1. The lowest BCUT2D eigenvalue weighted by Gasteiger charge is -2.22. The number of methoxy groups -OCH3 is 1. The average molecular weight is 331 g/mol. The number of carbonyl (C=O) groups excluding carboxylic acids is 1. The summed E-state index contributed by atoms with van der Waals surface area (Å²) in [4.78, 5) is 22.2. The minimum absolute atomic E-state index is 0.00355. The average Bonchev–Trinajstić information content (AvgIpc) is 2.96. The maximum absolute atomic E-state index is 13.9. The smallest absolute Gasteiger partial charge is 0.342 e. The molecular weight excluding hydrogens is 317 g/mol. The van der Waals surface area contributed by atoms with Crippen LogP contribution in [0.1, 0.15) is 23.2 Å². The summed E-state index contributed by atoms with van der Waals surface area (Å²) in [6.07, 6.45) is 0.538. The van der Waals surface area contributed by atoms with Crippen LogP contribution in [0.3, 0.4) is 0 Å². The predicted molar refractivity (Wildman–Crippen MR) is 72.3 cm³/mol. The van der Waals surface area contributed by atoms with Crippen molar-refractivity contribution >= 4 is 22.0 Å². The van der Waals surface area contributed by atoms with E-state index >= 15 is 0 Å². The number of sulfonamides is 1. The number of nitrogens with zero attached hydrogens (tertiary/aromatic N) is 1. The van der Waals surface area contributed by atoms with E-state index in [0.29, 0.717) is 6.42 Å². The lowest BCUT2D eigenvalue weighted by Crippen LogP contribution is -2.41. The van der Waals surface area contributed by atoms with Crippen molar-refractivity contribution < 1.29 is 32.2 Å². The largest absolute Gasteiger partial charge is 0.480 e. The van der Waals surface area contributed by atoms with Gasteiger partial charge in [0.05, 0.1) is 12.0 Å². The topological polar surface area (TPSA) is 101 Å². The summed E-state index contributed by atoms with van der Waals surface area (Å²) in [7, 11) is -3.33. The Kier molecular flexibility index (Phi) is 4.47. The molecule has 9 heteroatoms. The standard InChI is InChI=1S/C13H14FNO6S/c1-21-13(18)11-8(14)4-2-6-10(11)22(19,20)15-7-3-5-9(15)12(16)17/h2,4,6,9H,3,5,7H2,1H3,(H,16,17)/t9-/m1/s1. The molecule has 2 rings (SSSR count). The first kappa shape index (κ1) is 16.4. The molecule has 0 aromatic heterocycles. The van der Waals surface area contributed by atoms with Crippen molar-refractivity contribution in [1.82, 2.24) is 4.31 Å². The van der Waals surface area contributed by atoms with E-state index < -0.39 is 44.3 Å². The highest BCUT2D eigenvalue weighted by Gasteiger charge is 2.41. The summed E-state index contributed by atoms with van der Waals surface area (Å²) in [6.45, 7) is -0.00355. The van der Waals surface area contributed by atoms with Crippen LogP contribution in [0, 0.1) is 5.82 Å². The highest BCUT2D eigenvalue weighted by molar-refractivity contribution is 7.89. The van der Waals surface area contributed by atoms with Crippen LogP contribution >= 0.6 is 0 Å². The molecule has 1 atom stereocenters. The highest BCUT2D eigenvalue weighted by Crippen LogP contribution is 2.29. The molecule has 1 aromatic carbocycles. The molecule has 0 radical (unpaired) electrons. The van der Waals surface area contributed by atoms with Crippen molar-refractivity contribution in [3.8, 4) is 0 Å². The summed E-state index contributed by atoms with van der Waals surface area (Å²) >= 11 is 0. The van der Waals surface area contributed by atoms with Crippen LogP contribution in [0.4, 0.5) is 4.39 Å². The van der Waals surface area contributed by atoms with E-state index in [0.717, 1.165) is 29.6 Å². The van der Waals surface area contributed by atoms with Gasteiger partial charge >= 0.3 is 11.9 Å². The van der Waals surface area contributed by atoms with Crippen molar-refractivity contribution in [3.63, 3.8) is 0 Å². The Morgan fingerprint density at radius 1 is 1.41 bits per heavy atom. The molecule has 0 aliphatic carbocycles. The van der Waals surface area contributed by atoms with Crippen LogP contribution in [0.5, 0.6) is 0 Å². The fourth-order valence-corrected chi connectivity index (χ4v) is 4.26. The lowest BCUT2D eigenvalue weighted by atomic mass is 10.2. The molecule has 1 N–H and O–H groups in total. The van der Waals surface area contributed by atoms with Gasteiger partial charge in [0.1, 0.15) is 17.4 Å². The summed E-state index contributed by atoms with van der Waals surface area (Å²) in [5, 5.41) is 9.10. The second kappa shape index (κ2) is 6.01. The number of esters is 1. The van der Waals surface area contributed by atoms with Gasteiger partial charge in [-0.1, -0.05) is 6.07 Å². The van der Waals surface area contributed by atoms with Gasteiger partial charge in [-0.3, -0.25) is 4.79 Å². The van der Waals surface area contributed by atoms with E-state index in [9.17, 15) is 22.4 Å². The number of ether oxygens (including phenoxy) is 1. The molecule has 1 heterocycles. The first-order valence-electron chi connectivity index (χ1n) is 6.42. The molecule has 7 nitrogen and oxygen atoms in total. The molecule has 1 fully saturated rings. The van der Waals surface area contributed by atoms with E-state index in [1.807, 2.05) is 0 Å². The van der Waals surface area contributed by atoms with E-state index in [4.69, 9.17) is 5.11 Å². The van der Waals surface area contributed by atoms with Crippen LogP contribution in [0.15, 0.2) is 23.1 Å². The Morgan fingerprint density at radius 2 is 2.09 bits per heavy atom. The molecule has 1 saturated heterocycles. The Balaban J connectivity index is 2.58. The van der Waals surface area contributed by atoms with Crippen LogP contribution in [-0.2, 0) is 19.6 Å². The normalized spacial score (nSPS) is 19.1. The number of carboxylic acids is 1. The van der Waals surface area contributed by atoms with Gasteiger partial charge in [0.25, 0.3) is 0 Å². The monoisotopic (exact) mass is 331 g/mol. The second-order valence-electron chi connectivity index (χ2n) is 4.72. The minimum atomic E-state index is -4.33. The summed E-state index contributed by atoms with van der Waals surface area (Å²) < 4.78 is 44.3. The van der Waals surface area contributed by atoms with Crippen molar-refractivity contribution in [3.05, 3.63) is 29.6 Å².